The first-order valence-corrected chi connectivity index (χ1v) is 7.34. The number of nitrogens with one attached hydrogen (secondary N) is 1. The zero-order valence-corrected chi connectivity index (χ0v) is 12.4. The van der Waals surface area contributed by atoms with E-state index < -0.39 is 0 Å². The van der Waals surface area contributed by atoms with Gasteiger partial charge in [0.25, 0.3) is 0 Å². The maximum absolute atomic E-state index is 11.8. The van der Waals surface area contributed by atoms with E-state index in [9.17, 15) is 4.79 Å². The van der Waals surface area contributed by atoms with Crippen molar-refractivity contribution < 1.29 is 4.79 Å². The Labute approximate surface area is 124 Å². The van der Waals surface area contributed by atoms with Crippen LogP contribution in [0.25, 0.3) is 0 Å². The van der Waals surface area contributed by atoms with E-state index in [1.807, 2.05) is 19.1 Å². The van der Waals surface area contributed by atoms with E-state index >= 15 is 0 Å². The Morgan fingerprint density at radius 3 is 3.20 bits per heavy atom. The molecule has 0 aromatic carbocycles. The molecule has 1 aliphatic rings. The summed E-state index contributed by atoms with van der Waals surface area (Å²) in [6.07, 6.45) is 3.85. The Kier molecular flexibility index (Phi) is 5.20. The summed E-state index contributed by atoms with van der Waals surface area (Å²) in [6.45, 7) is 3.52. The van der Waals surface area contributed by atoms with Gasteiger partial charge < -0.3 is 16.0 Å². The summed E-state index contributed by atoms with van der Waals surface area (Å²) in [6, 6.07) is 3.87. The highest BCUT2D eigenvalue weighted by Crippen LogP contribution is 2.25. The first-order chi connectivity index (χ1) is 9.56. The lowest BCUT2D eigenvalue weighted by molar-refractivity contribution is -0.121. The quantitative estimate of drug-likeness (QED) is 0.865. The molecule has 2 atom stereocenters. The molecule has 1 aromatic rings. The van der Waals surface area contributed by atoms with E-state index in [0.717, 1.165) is 25.3 Å². The van der Waals surface area contributed by atoms with Crippen molar-refractivity contribution >= 4 is 23.3 Å². The lowest BCUT2D eigenvalue weighted by Gasteiger charge is -2.19. The molecule has 1 saturated heterocycles. The van der Waals surface area contributed by atoms with Crippen LogP contribution in [0.1, 0.15) is 26.2 Å². The number of carbonyl (C=O) groups excluding carboxylic acids is 1. The highest BCUT2D eigenvalue weighted by Gasteiger charge is 2.25. The van der Waals surface area contributed by atoms with Crippen LogP contribution in [0.4, 0.5) is 5.82 Å². The molecule has 1 aromatic heterocycles. The highest BCUT2D eigenvalue weighted by molar-refractivity contribution is 6.32. The molecule has 0 bridgehead atoms. The Morgan fingerprint density at radius 2 is 2.50 bits per heavy atom. The molecular formula is C14H21ClN4O. The number of halogens is 1. The molecule has 0 radical (unpaired) electrons. The zero-order chi connectivity index (χ0) is 14.5. The second-order valence-corrected chi connectivity index (χ2v) is 5.73. The van der Waals surface area contributed by atoms with Crippen molar-refractivity contribution in [3.8, 4) is 0 Å². The average Bonchev–Trinajstić information content (AvgIpc) is 2.85. The number of hydrogen-bond acceptors (Lipinski definition) is 4. The van der Waals surface area contributed by atoms with Crippen molar-refractivity contribution in [2.75, 3.05) is 18.0 Å². The zero-order valence-electron chi connectivity index (χ0n) is 11.7. The van der Waals surface area contributed by atoms with E-state index in [0.29, 0.717) is 17.9 Å². The van der Waals surface area contributed by atoms with Gasteiger partial charge in [-0.3, -0.25) is 4.79 Å². The minimum absolute atomic E-state index is 0.0631. The largest absolute Gasteiger partial charge is 0.353 e. The van der Waals surface area contributed by atoms with Crippen LogP contribution in [0.15, 0.2) is 18.3 Å². The second kappa shape index (κ2) is 6.90. The van der Waals surface area contributed by atoms with Crippen LogP contribution in [0.2, 0.25) is 5.02 Å². The van der Waals surface area contributed by atoms with Crippen molar-refractivity contribution in [3.05, 3.63) is 23.4 Å². The fourth-order valence-corrected chi connectivity index (χ4v) is 2.58. The molecule has 110 valence electrons. The van der Waals surface area contributed by atoms with Crippen LogP contribution in [-0.4, -0.2) is 36.1 Å². The lowest BCUT2D eigenvalue weighted by atomic mass is 10.2. The molecule has 1 amide bonds. The molecule has 6 heteroatoms. The monoisotopic (exact) mass is 296 g/mol. The smallest absolute Gasteiger partial charge is 0.220 e. The molecule has 0 spiro atoms. The van der Waals surface area contributed by atoms with Gasteiger partial charge in [-0.2, -0.15) is 0 Å². The highest BCUT2D eigenvalue weighted by atomic mass is 35.5. The minimum Gasteiger partial charge on any atom is -0.353 e. The van der Waals surface area contributed by atoms with Gasteiger partial charge in [-0.25, -0.2) is 4.98 Å². The summed E-state index contributed by atoms with van der Waals surface area (Å²) < 4.78 is 0. The van der Waals surface area contributed by atoms with E-state index in [-0.39, 0.29) is 18.0 Å². The fraction of sp³-hybridized carbons (Fsp3) is 0.571. The number of aromatic nitrogens is 1. The average molecular weight is 297 g/mol. The fourth-order valence-electron chi connectivity index (χ4n) is 2.34. The van der Waals surface area contributed by atoms with Crippen LogP contribution in [-0.2, 0) is 4.79 Å². The molecule has 0 saturated carbocycles. The summed E-state index contributed by atoms with van der Waals surface area (Å²) in [5.41, 5.74) is 5.65. The topological polar surface area (TPSA) is 71.2 Å². The molecular weight excluding hydrogens is 276 g/mol. The SMILES string of the molecule is CC(N)CCC(=O)NC1CCN(c2ncccc2Cl)C1. The van der Waals surface area contributed by atoms with Gasteiger partial charge in [0.15, 0.2) is 0 Å². The van der Waals surface area contributed by atoms with Crippen LogP contribution in [0.3, 0.4) is 0 Å². The predicted octanol–water partition coefficient (Wildman–Crippen LogP) is 1.56. The Hall–Kier alpha value is -1.33. The molecule has 2 heterocycles. The third-order valence-corrected chi connectivity index (χ3v) is 3.71. The number of amides is 1. The van der Waals surface area contributed by atoms with Crippen LogP contribution < -0.4 is 16.0 Å². The number of pyridine rings is 1. The van der Waals surface area contributed by atoms with Crippen molar-refractivity contribution in [2.45, 2.75) is 38.3 Å². The standard InChI is InChI=1S/C14H21ClN4O/c1-10(16)4-5-13(20)18-11-6-8-19(9-11)14-12(15)3-2-7-17-14/h2-3,7,10-11H,4-6,8-9,16H2,1H3,(H,18,20). The maximum atomic E-state index is 11.8. The van der Waals surface area contributed by atoms with Gasteiger partial charge in [-0.05, 0) is 31.9 Å². The van der Waals surface area contributed by atoms with E-state index in [4.69, 9.17) is 17.3 Å². The first kappa shape index (κ1) is 15.1. The van der Waals surface area contributed by atoms with Crippen molar-refractivity contribution in [3.63, 3.8) is 0 Å². The number of nitrogens with two attached hydrogens (primary N) is 1. The van der Waals surface area contributed by atoms with Gasteiger partial charge >= 0.3 is 0 Å². The third-order valence-electron chi connectivity index (χ3n) is 3.42. The summed E-state index contributed by atoms with van der Waals surface area (Å²) in [7, 11) is 0. The van der Waals surface area contributed by atoms with Gasteiger partial charge in [-0.15, -0.1) is 0 Å². The minimum atomic E-state index is 0.0631. The van der Waals surface area contributed by atoms with E-state index in [1.165, 1.54) is 0 Å². The lowest BCUT2D eigenvalue weighted by Crippen LogP contribution is -2.37. The second-order valence-electron chi connectivity index (χ2n) is 5.32. The van der Waals surface area contributed by atoms with Crippen LogP contribution in [0, 0.1) is 0 Å². The Bertz CT molecular complexity index is 466. The molecule has 0 aliphatic carbocycles. The molecule has 2 unspecified atom stereocenters. The predicted molar refractivity (Wildman–Crippen MR) is 80.9 cm³/mol. The number of anilines is 1. The summed E-state index contributed by atoms with van der Waals surface area (Å²) in [4.78, 5) is 18.2. The van der Waals surface area contributed by atoms with Gasteiger partial charge in [0.05, 0.1) is 5.02 Å². The number of nitrogens with zero attached hydrogens (tertiary/aromatic N) is 2. The summed E-state index contributed by atoms with van der Waals surface area (Å²) in [5.74, 6) is 0.864. The van der Waals surface area contributed by atoms with Crippen molar-refractivity contribution in [1.82, 2.24) is 10.3 Å². The molecule has 1 fully saturated rings. The number of carbonyl (C=O) groups is 1. The maximum Gasteiger partial charge on any atom is 0.220 e. The van der Waals surface area contributed by atoms with E-state index in [2.05, 4.69) is 15.2 Å². The van der Waals surface area contributed by atoms with Gasteiger partial charge in [-0.1, -0.05) is 11.6 Å². The molecule has 5 nitrogen and oxygen atoms in total. The Morgan fingerprint density at radius 1 is 1.70 bits per heavy atom. The number of hydrogen-bond donors (Lipinski definition) is 2. The normalized spacial score (nSPS) is 19.9. The molecule has 20 heavy (non-hydrogen) atoms. The molecule has 3 N–H and O–H groups in total. The summed E-state index contributed by atoms with van der Waals surface area (Å²) >= 11 is 6.14. The van der Waals surface area contributed by atoms with Crippen LogP contribution in [0.5, 0.6) is 0 Å². The van der Waals surface area contributed by atoms with Crippen molar-refractivity contribution in [1.29, 1.82) is 0 Å². The summed E-state index contributed by atoms with van der Waals surface area (Å²) in [5, 5.41) is 3.70. The molecule has 1 aliphatic heterocycles. The third kappa shape index (κ3) is 4.08. The first-order valence-electron chi connectivity index (χ1n) is 6.96. The molecule has 2 rings (SSSR count). The van der Waals surface area contributed by atoms with Gasteiger partial charge in [0, 0.05) is 37.8 Å². The van der Waals surface area contributed by atoms with Gasteiger partial charge in [0.1, 0.15) is 5.82 Å². The van der Waals surface area contributed by atoms with E-state index in [1.54, 1.807) is 6.20 Å². The van der Waals surface area contributed by atoms with Gasteiger partial charge in [0.2, 0.25) is 5.91 Å². The van der Waals surface area contributed by atoms with Crippen molar-refractivity contribution in [2.24, 2.45) is 5.73 Å². The Balaban J connectivity index is 1.84. The van der Waals surface area contributed by atoms with Crippen LogP contribution >= 0.6 is 11.6 Å². The number of rotatable bonds is 5.